The Morgan fingerprint density at radius 1 is 1.14 bits per heavy atom. The highest BCUT2D eigenvalue weighted by Crippen LogP contribution is 2.26. The molecule has 0 saturated heterocycles. The molecular formula is C24H27NO4. The second-order valence-corrected chi connectivity index (χ2v) is 7.52. The highest BCUT2D eigenvalue weighted by atomic mass is 16.5. The minimum atomic E-state index is -0.637. The van der Waals surface area contributed by atoms with Gasteiger partial charge in [0.15, 0.2) is 0 Å². The lowest BCUT2D eigenvalue weighted by molar-refractivity contribution is -0.137. The molecule has 0 aliphatic carbocycles. The summed E-state index contributed by atoms with van der Waals surface area (Å²) >= 11 is 0. The fourth-order valence-corrected chi connectivity index (χ4v) is 2.73. The Morgan fingerprint density at radius 3 is 2.38 bits per heavy atom. The van der Waals surface area contributed by atoms with Gasteiger partial charge in [-0.05, 0) is 53.8 Å². The van der Waals surface area contributed by atoms with E-state index < -0.39 is 5.97 Å². The fourth-order valence-electron chi connectivity index (χ4n) is 2.73. The summed E-state index contributed by atoms with van der Waals surface area (Å²) in [4.78, 5) is 11.8. The second kappa shape index (κ2) is 9.79. The topological polar surface area (TPSA) is 68.6 Å². The zero-order chi connectivity index (χ0) is 21.4. The maximum absolute atomic E-state index is 11.8. The van der Waals surface area contributed by atoms with E-state index in [1.807, 2.05) is 24.3 Å². The summed E-state index contributed by atoms with van der Waals surface area (Å²) in [5.74, 6) is 0.788. The van der Waals surface area contributed by atoms with Crippen molar-refractivity contribution in [3.63, 3.8) is 0 Å². The van der Waals surface area contributed by atoms with Crippen LogP contribution in [0.1, 0.15) is 44.4 Å². The lowest BCUT2D eigenvalue weighted by atomic mass is 9.87. The first-order chi connectivity index (χ1) is 13.8. The third kappa shape index (κ3) is 6.11. The predicted octanol–water partition coefficient (Wildman–Crippen LogP) is 5.04. The number of methoxy groups -OCH3 is 1. The van der Waals surface area contributed by atoms with Crippen LogP contribution in [-0.4, -0.2) is 19.7 Å². The van der Waals surface area contributed by atoms with Crippen molar-refractivity contribution in [3.8, 4) is 17.6 Å². The molecule has 0 radical (unpaired) electrons. The Kier molecular flexibility index (Phi) is 7.44. The van der Waals surface area contributed by atoms with Gasteiger partial charge in [-0.25, -0.2) is 4.79 Å². The van der Waals surface area contributed by atoms with Crippen molar-refractivity contribution in [1.29, 1.82) is 5.26 Å². The van der Waals surface area contributed by atoms with Gasteiger partial charge in [0.25, 0.3) is 0 Å². The minimum Gasteiger partial charge on any atom is -0.496 e. The molecule has 0 heterocycles. The highest BCUT2D eigenvalue weighted by Gasteiger charge is 2.14. The van der Waals surface area contributed by atoms with Crippen LogP contribution in [0.2, 0.25) is 0 Å². The average Bonchev–Trinajstić information content (AvgIpc) is 2.70. The number of nitriles is 1. The van der Waals surface area contributed by atoms with Gasteiger partial charge in [0.1, 0.15) is 29.7 Å². The number of rotatable bonds is 7. The first-order valence-electron chi connectivity index (χ1n) is 9.47. The van der Waals surface area contributed by atoms with Gasteiger partial charge in [-0.2, -0.15) is 5.26 Å². The monoisotopic (exact) mass is 393 g/mol. The molecule has 152 valence electrons. The molecule has 0 spiro atoms. The van der Waals surface area contributed by atoms with Crippen molar-refractivity contribution in [2.75, 3.05) is 13.7 Å². The fraction of sp³-hybridized carbons (Fsp3) is 0.333. The summed E-state index contributed by atoms with van der Waals surface area (Å²) in [7, 11) is 1.59. The molecule has 0 unspecified atom stereocenters. The first kappa shape index (κ1) is 22.0. The van der Waals surface area contributed by atoms with E-state index in [4.69, 9.17) is 14.2 Å². The molecule has 0 aliphatic heterocycles. The zero-order valence-electron chi connectivity index (χ0n) is 17.6. The van der Waals surface area contributed by atoms with Crippen LogP contribution in [0, 0.1) is 11.3 Å². The number of carbonyl (C=O) groups is 1. The molecule has 0 atom stereocenters. The van der Waals surface area contributed by atoms with Gasteiger partial charge < -0.3 is 14.2 Å². The Hall–Kier alpha value is -3.26. The Morgan fingerprint density at radius 2 is 1.83 bits per heavy atom. The summed E-state index contributed by atoms with van der Waals surface area (Å²) in [5.41, 5.74) is 2.76. The number of nitrogens with zero attached hydrogens (tertiary/aromatic N) is 1. The Balaban J connectivity index is 2.21. The van der Waals surface area contributed by atoms with Crippen LogP contribution in [0.25, 0.3) is 6.08 Å². The van der Waals surface area contributed by atoms with E-state index in [0.717, 1.165) is 11.3 Å². The van der Waals surface area contributed by atoms with Gasteiger partial charge in [0, 0.05) is 5.56 Å². The summed E-state index contributed by atoms with van der Waals surface area (Å²) in [6.45, 7) is 8.70. The molecule has 5 nitrogen and oxygen atoms in total. The lowest BCUT2D eigenvalue weighted by Gasteiger charge is -2.19. The van der Waals surface area contributed by atoms with Crippen LogP contribution in [0.15, 0.2) is 48.0 Å². The SMILES string of the molecule is CCOC(=O)C(C#N)=Cc1ccc(OC)c(COc2ccc(C(C)(C)C)cc2)c1. The van der Waals surface area contributed by atoms with Crippen molar-refractivity contribution in [1.82, 2.24) is 0 Å². The molecule has 0 aliphatic rings. The third-order valence-electron chi connectivity index (χ3n) is 4.35. The average molecular weight is 393 g/mol. The van der Waals surface area contributed by atoms with Gasteiger partial charge in [0.2, 0.25) is 0 Å². The van der Waals surface area contributed by atoms with Crippen LogP contribution in [0.5, 0.6) is 11.5 Å². The quantitative estimate of drug-likeness (QED) is 0.374. The van der Waals surface area contributed by atoms with Gasteiger partial charge in [-0.3, -0.25) is 0 Å². The highest BCUT2D eigenvalue weighted by molar-refractivity contribution is 5.97. The van der Waals surface area contributed by atoms with Crippen molar-refractivity contribution >= 4 is 12.0 Å². The molecule has 2 aromatic rings. The number of esters is 1. The van der Waals surface area contributed by atoms with Crippen LogP contribution in [-0.2, 0) is 21.6 Å². The zero-order valence-corrected chi connectivity index (χ0v) is 17.6. The van der Waals surface area contributed by atoms with E-state index in [1.54, 1.807) is 26.2 Å². The standard InChI is InChI=1S/C24H27NO4/c1-6-28-23(26)18(15-25)13-17-7-12-22(27-5)19(14-17)16-29-21-10-8-20(9-11-21)24(2,3)4/h7-14H,6,16H2,1-5H3. The Bertz CT molecular complexity index is 915. The molecule has 2 aromatic carbocycles. The predicted molar refractivity (Wildman–Crippen MR) is 113 cm³/mol. The van der Waals surface area contributed by atoms with Gasteiger partial charge in [-0.15, -0.1) is 0 Å². The second-order valence-electron chi connectivity index (χ2n) is 7.52. The molecule has 0 amide bonds. The molecule has 0 aromatic heterocycles. The molecule has 5 heteroatoms. The van der Waals surface area contributed by atoms with Crippen molar-refractivity contribution in [2.24, 2.45) is 0 Å². The van der Waals surface area contributed by atoms with E-state index in [0.29, 0.717) is 17.9 Å². The minimum absolute atomic E-state index is 0.0540. The summed E-state index contributed by atoms with van der Waals surface area (Å²) in [5, 5.41) is 9.22. The van der Waals surface area contributed by atoms with Gasteiger partial charge in [0.05, 0.1) is 13.7 Å². The van der Waals surface area contributed by atoms with Gasteiger partial charge >= 0.3 is 5.97 Å². The lowest BCUT2D eigenvalue weighted by Crippen LogP contribution is -2.10. The van der Waals surface area contributed by atoms with Crippen molar-refractivity contribution in [2.45, 2.75) is 39.7 Å². The van der Waals surface area contributed by atoms with E-state index >= 15 is 0 Å². The largest absolute Gasteiger partial charge is 0.496 e. The number of benzene rings is 2. The third-order valence-corrected chi connectivity index (χ3v) is 4.35. The molecule has 0 saturated carbocycles. The van der Waals surface area contributed by atoms with Crippen LogP contribution in [0.3, 0.4) is 0 Å². The number of hydrogen-bond acceptors (Lipinski definition) is 5. The van der Waals surface area contributed by atoms with Gasteiger partial charge in [-0.1, -0.05) is 39.0 Å². The maximum Gasteiger partial charge on any atom is 0.348 e. The molecule has 2 rings (SSSR count). The van der Waals surface area contributed by atoms with E-state index in [2.05, 4.69) is 32.9 Å². The normalized spacial score (nSPS) is 11.5. The molecule has 29 heavy (non-hydrogen) atoms. The summed E-state index contributed by atoms with van der Waals surface area (Å²) in [6.07, 6.45) is 1.50. The molecular weight excluding hydrogens is 366 g/mol. The van der Waals surface area contributed by atoms with E-state index in [9.17, 15) is 10.1 Å². The van der Waals surface area contributed by atoms with Crippen molar-refractivity contribution < 1.29 is 19.0 Å². The smallest absolute Gasteiger partial charge is 0.348 e. The molecule has 0 N–H and O–H groups in total. The van der Waals surface area contributed by atoms with Crippen LogP contribution < -0.4 is 9.47 Å². The van der Waals surface area contributed by atoms with Crippen molar-refractivity contribution in [3.05, 3.63) is 64.7 Å². The number of hydrogen-bond donors (Lipinski definition) is 0. The van der Waals surface area contributed by atoms with Crippen LogP contribution >= 0.6 is 0 Å². The Labute approximate surface area is 172 Å². The van der Waals surface area contributed by atoms with E-state index in [1.165, 1.54) is 11.6 Å². The first-order valence-corrected chi connectivity index (χ1v) is 9.47. The number of carbonyl (C=O) groups excluding carboxylic acids is 1. The maximum atomic E-state index is 11.8. The van der Waals surface area contributed by atoms with E-state index in [-0.39, 0.29) is 17.6 Å². The number of ether oxygens (including phenoxy) is 3. The summed E-state index contributed by atoms with van der Waals surface area (Å²) in [6, 6.07) is 15.3. The summed E-state index contributed by atoms with van der Waals surface area (Å²) < 4.78 is 16.2. The molecule has 0 fully saturated rings. The molecule has 0 bridgehead atoms. The van der Waals surface area contributed by atoms with Crippen LogP contribution in [0.4, 0.5) is 0 Å².